The van der Waals surface area contributed by atoms with Crippen molar-refractivity contribution in [2.24, 2.45) is 0 Å². The molecule has 0 saturated carbocycles. The van der Waals surface area contributed by atoms with Crippen LogP contribution in [0.3, 0.4) is 0 Å². The molecule has 4 N–H and O–H groups in total. The van der Waals surface area contributed by atoms with E-state index < -0.39 is 18.4 Å². The molecule has 4 atom stereocenters. The van der Waals surface area contributed by atoms with Gasteiger partial charge in [-0.2, -0.15) is 0 Å². The number of anilines is 1. The van der Waals surface area contributed by atoms with E-state index in [1.165, 1.54) is 12.7 Å². The Labute approximate surface area is 121 Å². The van der Waals surface area contributed by atoms with Gasteiger partial charge in [0.1, 0.15) is 24.1 Å². The Balaban J connectivity index is 2.01. The SMILES string of the molecule is CN(C)[C@@H]1C(CO)O[C@@H](n2cnc3c(N)ncnc32)[C@@H]1O. The van der Waals surface area contributed by atoms with Gasteiger partial charge >= 0.3 is 0 Å². The Kier molecular flexibility index (Phi) is 3.49. The lowest BCUT2D eigenvalue weighted by molar-refractivity contribution is -0.0495. The summed E-state index contributed by atoms with van der Waals surface area (Å²) in [7, 11) is 3.66. The summed E-state index contributed by atoms with van der Waals surface area (Å²) in [5.74, 6) is 0.272. The van der Waals surface area contributed by atoms with Gasteiger partial charge in [0.2, 0.25) is 0 Å². The van der Waals surface area contributed by atoms with Gasteiger partial charge in [0, 0.05) is 0 Å². The molecule has 1 saturated heterocycles. The van der Waals surface area contributed by atoms with Crippen LogP contribution in [0.5, 0.6) is 0 Å². The summed E-state index contributed by atoms with van der Waals surface area (Å²) in [5, 5.41) is 20.0. The summed E-state index contributed by atoms with van der Waals surface area (Å²) < 4.78 is 7.38. The normalized spacial score (nSPS) is 29.6. The molecule has 1 aliphatic heterocycles. The second kappa shape index (κ2) is 5.19. The van der Waals surface area contributed by atoms with Crippen molar-refractivity contribution in [2.75, 3.05) is 26.4 Å². The van der Waals surface area contributed by atoms with Gasteiger partial charge in [0.05, 0.1) is 19.0 Å². The molecule has 1 fully saturated rings. The van der Waals surface area contributed by atoms with Crippen molar-refractivity contribution < 1.29 is 14.9 Å². The van der Waals surface area contributed by atoms with E-state index in [9.17, 15) is 10.2 Å². The van der Waals surface area contributed by atoms with Crippen molar-refractivity contribution in [3.8, 4) is 0 Å². The highest BCUT2D eigenvalue weighted by molar-refractivity contribution is 5.81. The predicted octanol–water partition coefficient (Wildman–Crippen LogP) is -1.41. The van der Waals surface area contributed by atoms with Crippen molar-refractivity contribution in [1.82, 2.24) is 24.4 Å². The fraction of sp³-hybridized carbons (Fsp3) is 0.583. The Morgan fingerprint density at radius 2 is 2.14 bits per heavy atom. The smallest absolute Gasteiger partial charge is 0.167 e. The van der Waals surface area contributed by atoms with E-state index in [0.29, 0.717) is 11.2 Å². The van der Waals surface area contributed by atoms with E-state index >= 15 is 0 Å². The van der Waals surface area contributed by atoms with Gasteiger partial charge in [-0.25, -0.2) is 15.0 Å². The molecule has 0 spiro atoms. The number of imidazole rings is 1. The third-order valence-electron chi connectivity index (χ3n) is 3.77. The summed E-state index contributed by atoms with van der Waals surface area (Å²) in [6, 6.07) is -0.323. The minimum atomic E-state index is -0.828. The van der Waals surface area contributed by atoms with Gasteiger partial charge in [-0.05, 0) is 14.1 Å². The molecule has 0 amide bonds. The van der Waals surface area contributed by atoms with Gasteiger partial charge in [-0.1, -0.05) is 0 Å². The number of ether oxygens (including phenoxy) is 1. The van der Waals surface area contributed by atoms with Crippen LogP contribution < -0.4 is 5.73 Å². The number of nitrogens with two attached hydrogens (primary N) is 1. The van der Waals surface area contributed by atoms with Crippen LogP contribution in [-0.2, 0) is 4.74 Å². The van der Waals surface area contributed by atoms with Crippen LogP contribution in [0.25, 0.3) is 11.2 Å². The maximum Gasteiger partial charge on any atom is 0.167 e. The first-order valence-corrected chi connectivity index (χ1v) is 6.58. The summed E-state index contributed by atoms with van der Waals surface area (Å²) in [6.45, 7) is -0.180. The van der Waals surface area contributed by atoms with Gasteiger partial charge in [-0.15, -0.1) is 0 Å². The molecule has 0 radical (unpaired) electrons. The van der Waals surface area contributed by atoms with Crippen LogP contribution in [0.1, 0.15) is 6.23 Å². The average Bonchev–Trinajstić information content (AvgIpc) is 3.00. The lowest BCUT2D eigenvalue weighted by atomic mass is 10.1. The lowest BCUT2D eigenvalue weighted by Crippen LogP contribution is -2.44. The largest absolute Gasteiger partial charge is 0.394 e. The number of rotatable bonds is 3. The topological polar surface area (TPSA) is 123 Å². The monoisotopic (exact) mass is 294 g/mol. The zero-order valence-electron chi connectivity index (χ0n) is 11.8. The number of aliphatic hydroxyl groups is 2. The number of fused-ring (bicyclic) bond motifs is 1. The van der Waals surface area contributed by atoms with Crippen LogP contribution in [0.15, 0.2) is 12.7 Å². The molecule has 3 rings (SSSR count). The molecule has 2 aromatic rings. The summed E-state index contributed by atoms with van der Waals surface area (Å²) in [4.78, 5) is 14.0. The maximum absolute atomic E-state index is 10.5. The molecule has 3 heterocycles. The van der Waals surface area contributed by atoms with Crippen LogP contribution in [-0.4, -0.2) is 73.6 Å². The number of nitrogen functional groups attached to an aromatic ring is 1. The number of aromatic nitrogens is 4. The van der Waals surface area contributed by atoms with E-state index in [1.54, 1.807) is 4.57 Å². The van der Waals surface area contributed by atoms with Crippen LogP contribution in [0, 0.1) is 0 Å². The molecule has 1 unspecified atom stereocenters. The third kappa shape index (κ3) is 2.14. The molecule has 1 aliphatic rings. The molecule has 114 valence electrons. The zero-order chi connectivity index (χ0) is 15.1. The van der Waals surface area contributed by atoms with Crippen LogP contribution in [0.4, 0.5) is 5.82 Å². The zero-order valence-corrected chi connectivity index (χ0v) is 11.8. The van der Waals surface area contributed by atoms with E-state index in [1.807, 2.05) is 19.0 Å². The molecule has 0 aromatic carbocycles. The number of likely N-dealkylation sites (N-methyl/N-ethyl adjacent to an activating group) is 1. The Morgan fingerprint density at radius 3 is 2.76 bits per heavy atom. The first-order chi connectivity index (χ1) is 10.0. The van der Waals surface area contributed by atoms with E-state index in [4.69, 9.17) is 10.5 Å². The first-order valence-electron chi connectivity index (χ1n) is 6.58. The Hall–Kier alpha value is -1.81. The van der Waals surface area contributed by atoms with Crippen LogP contribution >= 0.6 is 0 Å². The Morgan fingerprint density at radius 1 is 1.38 bits per heavy atom. The molecule has 9 nitrogen and oxygen atoms in total. The minimum absolute atomic E-state index is 0.180. The minimum Gasteiger partial charge on any atom is -0.394 e. The predicted molar refractivity (Wildman–Crippen MR) is 74.2 cm³/mol. The fourth-order valence-corrected chi connectivity index (χ4v) is 2.80. The molecule has 9 heteroatoms. The second-order valence-corrected chi connectivity index (χ2v) is 5.28. The van der Waals surface area contributed by atoms with Gasteiger partial charge < -0.3 is 25.6 Å². The van der Waals surface area contributed by atoms with E-state index in [0.717, 1.165) is 0 Å². The number of hydrogen-bond donors (Lipinski definition) is 3. The van der Waals surface area contributed by atoms with Crippen molar-refractivity contribution in [3.63, 3.8) is 0 Å². The molecule has 2 aromatic heterocycles. The lowest BCUT2D eigenvalue weighted by Gasteiger charge is -2.25. The highest BCUT2D eigenvalue weighted by Gasteiger charge is 2.45. The maximum atomic E-state index is 10.5. The van der Waals surface area contributed by atoms with Gasteiger partial charge in [-0.3, -0.25) is 4.57 Å². The van der Waals surface area contributed by atoms with E-state index in [-0.39, 0.29) is 18.5 Å². The third-order valence-corrected chi connectivity index (χ3v) is 3.77. The van der Waals surface area contributed by atoms with Gasteiger partial charge in [0.15, 0.2) is 17.7 Å². The second-order valence-electron chi connectivity index (χ2n) is 5.28. The first kappa shape index (κ1) is 14.1. The summed E-state index contributed by atoms with van der Waals surface area (Å²) in [6.07, 6.45) is 0.844. The number of nitrogens with zero attached hydrogens (tertiary/aromatic N) is 5. The van der Waals surface area contributed by atoms with Crippen LogP contribution in [0.2, 0.25) is 0 Å². The van der Waals surface area contributed by atoms with Crippen molar-refractivity contribution in [2.45, 2.75) is 24.5 Å². The molecule has 0 bridgehead atoms. The summed E-state index contributed by atoms with van der Waals surface area (Å²) >= 11 is 0. The molecular formula is C12H18N6O3. The van der Waals surface area contributed by atoms with E-state index in [2.05, 4.69) is 15.0 Å². The average molecular weight is 294 g/mol. The number of hydrogen-bond acceptors (Lipinski definition) is 8. The van der Waals surface area contributed by atoms with Gasteiger partial charge in [0.25, 0.3) is 0 Å². The number of aliphatic hydroxyl groups excluding tert-OH is 2. The van der Waals surface area contributed by atoms with Crippen molar-refractivity contribution in [1.29, 1.82) is 0 Å². The highest BCUT2D eigenvalue weighted by Crippen LogP contribution is 2.33. The highest BCUT2D eigenvalue weighted by atomic mass is 16.5. The molecular weight excluding hydrogens is 276 g/mol. The fourth-order valence-electron chi connectivity index (χ4n) is 2.80. The molecule has 0 aliphatic carbocycles. The standard InChI is InChI=1S/C12H18N6O3/c1-17(2)8-6(3-19)21-12(9(8)20)18-5-16-7-10(13)14-4-15-11(7)18/h4-6,8-9,12,19-20H,3H2,1-2H3,(H2,13,14,15)/t6?,8-,9-,12-/m1/s1. The molecule has 21 heavy (non-hydrogen) atoms. The summed E-state index contributed by atoms with van der Waals surface area (Å²) in [5.41, 5.74) is 6.70. The van der Waals surface area contributed by atoms with Crippen molar-refractivity contribution >= 4 is 17.0 Å². The Bertz CT molecular complexity index is 645. The quantitative estimate of drug-likeness (QED) is 0.631. The van der Waals surface area contributed by atoms with Crippen molar-refractivity contribution in [3.05, 3.63) is 12.7 Å².